The first-order valence-corrected chi connectivity index (χ1v) is 8.07. The topological polar surface area (TPSA) is 15.7 Å². The van der Waals surface area contributed by atoms with Crippen LogP contribution in [0.25, 0.3) is 0 Å². The molecule has 2 aromatic carbocycles. The van der Waals surface area contributed by atoms with E-state index in [9.17, 15) is 0 Å². The second kappa shape index (κ2) is 5.65. The zero-order valence-electron chi connectivity index (χ0n) is 13.0. The van der Waals surface area contributed by atoms with Crippen LogP contribution in [0.1, 0.15) is 24.0 Å². The predicted octanol–water partition coefficient (Wildman–Crippen LogP) is 3.64. The Kier molecular flexibility index (Phi) is 3.51. The average Bonchev–Trinajstić information content (AvgIpc) is 3.06. The van der Waals surface area contributed by atoms with Crippen molar-refractivity contribution in [3.05, 3.63) is 59.7 Å². The molecule has 3 heteroatoms. The average molecular weight is 294 g/mol. The maximum atomic E-state index is 5.25. The third-order valence-electron chi connectivity index (χ3n) is 4.86. The normalized spacial score (nSPS) is 20.6. The highest BCUT2D eigenvalue weighted by Crippen LogP contribution is 2.36. The van der Waals surface area contributed by atoms with Crippen LogP contribution in [0.2, 0.25) is 0 Å². The van der Waals surface area contributed by atoms with E-state index in [2.05, 4.69) is 58.3 Å². The first-order valence-electron chi connectivity index (χ1n) is 8.07. The molecule has 0 amide bonds. The van der Waals surface area contributed by atoms with Crippen LogP contribution < -0.4 is 9.64 Å². The Balaban J connectivity index is 1.59. The minimum Gasteiger partial charge on any atom is -0.497 e. The Bertz CT molecular complexity index is 653. The van der Waals surface area contributed by atoms with Crippen molar-refractivity contribution in [3.63, 3.8) is 0 Å². The maximum absolute atomic E-state index is 5.25. The van der Waals surface area contributed by atoms with E-state index in [0.29, 0.717) is 6.17 Å². The van der Waals surface area contributed by atoms with Crippen LogP contribution in [-0.4, -0.2) is 24.7 Å². The van der Waals surface area contributed by atoms with Crippen molar-refractivity contribution < 1.29 is 4.74 Å². The molecule has 0 aromatic heterocycles. The van der Waals surface area contributed by atoms with Gasteiger partial charge in [0, 0.05) is 25.3 Å². The van der Waals surface area contributed by atoms with Crippen LogP contribution in [0.15, 0.2) is 48.5 Å². The molecule has 3 nitrogen and oxygen atoms in total. The molecule has 0 aliphatic carbocycles. The molecule has 2 aromatic rings. The summed E-state index contributed by atoms with van der Waals surface area (Å²) in [4.78, 5) is 5.19. The Morgan fingerprint density at radius 3 is 2.73 bits per heavy atom. The Morgan fingerprint density at radius 2 is 1.91 bits per heavy atom. The van der Waals surface area contributed by atoms with E-state index in [0.717, 1.165) is 18.8 Å². The SMILES string of the molecule is COc1ccc(CN2Cc3ccccc3N3CCC[C@@H]23)cc1. The molecule has 2 heterocycles. The number of para-hydroxylation sites is 1. The summed E-state index contributed by atoms with van der Waals surface area (Å²) in [6.45, 7) is 3.23. The van der Waals surface area contributed by atoms with E-state index < -0.39 is 0 Å². The fourth-order valence-corrected chi connectivity index (χ4v) is 3.79. The molecule has 1 saturated heterocycles. The standard InChI is InChI=1S/C19H22N2O/c1-22-17-10-8-15(9-11-17)13-20-14-16-5-2-3-6-18(16)21-12-4-7-19(20)21/h2-3,5-6,8-11,19H,4,7,12-14H2,1H3/t19-/m0/s1. The van der Waals surface area contributed by atoms with Crippen molar-refractivity contribution in [2.75, 3.05) is 18.6 Å². The first-order chi connectivity index (χ1) is 10.8. The van der Waals surface area contributed by atoms with Gasteiger partial charge in [0.1, 0.15) is 5.75 Å². The molecule has 4 rings (SSSR count). The van der Waals surface area contributed by atoms with Gasteiger partial charge in [-0.1, -0.05) is 30.3 Å². The molecular weight excluding hydrogens is 272 g/mol. The fourth-order valence-electron chi connectivity index (χ4n) is 3.79. The van der Waals surface area contributed by atoms with Gasteiger partial charge >= 0.3 is 0 Å². The number of hydrogen-bond acceptors (Lipinski definition) is 3. The van der Waals surface area contributed by atoms with Crippen molar-refractivity contribution in [3.8, 4) is 5.75 Å². The largest absolute Gasteiger partial charge is 0.497 e. The lowest BCUT2D eigenvalue weighted by molar-refractivity contribution is 0.172. The lowest BCUT2D eigenvalue weighted by atomic mass is 10.1. The minimum atomic E-state index is 0.553. The van der Waals surface area contributed by atoms with E-state index >= 15 is 0 Å². The zero-order chi connectivity index (χ0) is 14.9. The quantitative estimate of drug-likeness (QED) is 0.859. The Morgan fingerprint density at radius 1 is 1.09 bits per heavy atom. The van der Waals surface area contributed by atoms with E-state index in [-0.39, 0.29) is 0 Å². The lowest BCUT2D eigenvalue weighted by Gasteiger charge is -2.42. The smallest absolute Gasteiger partial charge is 0.118 e. The van der Waals surface area contributed by atoms with Crippen molar-refractivity contribution in [1.82, 2.24) is 4.90 Å². The molecule has 0 saturated carbocycles. The van der Waals surface area contributed by atoms with Gasteiger partial charge in [0.2, 0.25) is 0 Å². The molecule has 0 unspecified atom stereocenters. The zero-order valence-corrected chi connectivity index (χ0v) is 13.0. The molecule has 0 spiro atoms. The summed E-state index contributed by atoms with van der Waals surface area (Å²) in [6, 6.07) is 17.3. The van der Waals surface area contributed by atoms with Crippen LogP contribution in [0.4, 0.5) is 5.69 Å². The molecule has 1 fully saturated rings. The van der Waals surface area contributed by atoms with Gasteiger partial charge in [-0.25, -0.2) is 0 Å². The molecule has 22 heavy (non-hydrogen) atoms. The van der Waals surface area contributed by atoms with Crippen LogP contribution in [0.3, 0.4) is 0 Å². The summed E-state index contributed by atoms with van der Waals surface area (Å²) in [5, 5.41) is 0. The Hall–Kier alpha value is -2.00. The summed E-state index contributed by atoms with van der Waals surface area (Å²) in [5.41, 5.74) is 4.25. The number of anilines is 1. The lowest BCUT2D eigenvalue weighted by Crippen LogP contribution is -2.47. The highest BCUT2D eigenvalue weighted by molar-refractivity contribution is 5.56. The van der Waals surface area contributed by atoms with Gasteiger partial charge in [-0.2, -0.15) is 0 Å². The van der Waals surface area contributed by atoms with Gasteiger partial charge in [0.25, 0.3) is 0 Å². The molecule has 2 aliphatic rings. The highest BCUT2D eigenvalue weighted by Gasteiger charge is 2.35. The van der Waals surface area contributed by atoms with Crippen LogP contribution in [-0.2, 0) is 13.1 Å². The van der Waals surface area contributed by atoms with E-state index in [1.165, 1.54) is 36.2 Å². The second-order valence-electron chi connectivity index (χ2n) is 6.20. The molecular formula is C19H22N2O. The third kappa shape index (κ3) is 2.35. The molecule has 0 radical (unpaired) electrons. The molecule has 1 atom stereocenters. The number of methoxy groups -OCH3 is 1. The number of benzene rings is 2. The van der Waals surface area contributed by atoms with Gasteiger partial charge in [0.05, 0.1) is 13.3 Å². The monoisotopic (exact) mass is 294 g/mol. The number of hydrogen-bond donors (Lipinski definition) is 0. The number of ether oxygens (including phenoxy) is 1. The number of rotatable bonds is 3. The van der Waals surface area contributed by atoms with Crippen molar-refractivity contribution in [2.45, 2.75) is 32.1 Å². The van der Waals surface area contributed by atoms with E-state index in [1.807, 2.05) is 0 Å². The molecule has 2 aliphatic heterocycles. The first kappa shape index (κ1) is 13.6. The molecule has 0 bridgehead atoms. The fraction of sp³-hybridized carbons (Fsp3) is 0.368. The van der Waals surface area contributed by atoms with Crippen LogP contribution >= 0.6 is 0 Å². The summed E-state index contributed by atoms with van der Waals surface area (Å²) in [7, 11) is 1.72. The van der Waals surface area contributed by atoms with Crippen molar-refractivity contribution in [1.29, 1.82) is 0 Å². The van der Waals surface area contributed by atoms with Crippen molar-refractivity contribution >= 4 is 5.69 Å². The number of fused-ring (bicyclic) bond motifs is 3. The van der Waals surface area contributed by atoms with Gasteiger partial charge in [-0.05, 0) is 42.2 Å². The minimum absolute atomic E-state index is 0.553. The third-order valence-corrected chi connectivity index (χ3v) is 4.86. The summed E-state index contributed by atoms with van der Waals surface area (Å²) < 4.78 is 5.25. The maximum Gasteiger partial charge on any atom is 0.118 e. The Labute approximate surface area is 132 Å². The van der Waals surface area contributed by atoms with Crippen LogP contribution in [0, 0.1) is 0 Å². The highest BCUT2D eigenvalue weighted by atomic mass is 16.5. The summed E-state index contributed by atoms with van der Waals surface area (Å²) in [5.74, 6) is 0.926. The summed E-state index contributed by atoms with van der Waals surface area (Å²) in [6.07, 6.45) is 3.11. The van der Waals surface area contributed by atoms with Crippen molar-refractivity contribution in [2.24, 2.45) is 0 Å². The second-order valence-corrected chi connectivity index (χ2v) is 6.20. The summed E-state index contributed by atoms with van der Waals surface area (Å²) >= 11 is 0. The predicted molar refractivity (Wildman–Crippen MR) is 89.1 cm³/mol. The van der Waals surface area contributed by atoms with E-state index in [4.69, 9.17) is 4.74 Å². The van der Waals surface area contributed by atoms with Gasteiger partial charge < -0.3 is 9.64 Å². The van der Waals surface area contributed by atoms with E-state index in [1.54, 1.807) is 7.11 Å². The molecule has 114 valence electrons. The van der Waals surface area contributed by atoms with Crippen LogP contribution in [0.5, 0.6) is 5.75 Å². The van der Waals surface area contributed by atoms with Gasteiger partial charge in [-0.3, -0.25) is 4.90 Å². The van der Waals surface area contributed by atoms with Gasteiger partial charge in [0.15, 0.2) is 0 Å². The number of nitrogens with zero attached hydrogens (tertiary/aromatic N) is 2. The van der Waals surface area contributed by atoms with Gasteiger partial charge in [-0.15, -0.1) is 0 Å². The molecule has 0 N–H and O–H groups in total.